The molecule has 56 valence electrons. The van der Waals surface area contributed by atoms with E-state index in [2.05, 4.69) is 0 Å². The van der Waals surface area contributed by atoms with E-state index in [1.807, 2.05) is 24.3 Å². The van der Waals surface area contributed by atoms with Crippen LogP contribution in [0.2, 0.25) is 0 Å². The zero-order valence-corrected chi connectivity index (χ0v) is 5.95. The van der Waals surface area contributed by atoms with Crippen LogP contribution >= 0.6 is 0 Å². The molecule has 1 heterocycles. The summed E-state index contributed by atoms with van der Waals surface area (Å²) >= 11 is 0. The molecule has 0 atom stereocenters. The maximum Gasteiger partial charge on any atom is 0.130 e. The third-order valence-electron chi connectivity index (χ3n) is 1.68. The van der Waals surface area contributed by atoms with Gasteiger partial charge in [-0.05, 0) is 18.2 Å². The second-order valence-electron chi connectivity index (χ2n) is 2.40. The third-order valence-corrected chi connectivity index (χ3v) is 1.68. The number of hydrogen-bond acceptors (Lipinski definition) is 2. The summed E-state index contributed by atoms with van der Waals surface area (Å²) in [5, 5.41) is 9.34. The van der Waals surface area contributed by atoms with Crippen LogP contribution in [-0.2, 0) is 0 Å². The summed E-state index contributed by atoms with van der Waals surface area (Å²) in [5.41, 5.74) is 0.777. The first kappa shape index (κ1) is 6.28. The Morgan fingerprint density at radius 3 is 2.91 bits per heavy atom. The average Bonchev–Trinajstić information content (AvgIpc) is 2.06. The van der Waals surface area contributed by atoms with Crippen molar-refractivity contribution in [3.8, 4) is 5.75 Å². The van der Waals surface area contributed by atoms with E-state index in [-0.39, 0.29) is 0 Å². The maximum absolute atomic E-state index is 9.34. The largest absolute Gasteiger partial charge is 0.507 e. The van der Waals surface area contributed by atoms with Gasteiger partial charge >= 0.3 is 0 Å². The Bertz CT molecular complexity index is 302. The highest BCUT2D eigenvalue weighted by Gasteiger charge is 2.10. The van der Waals surface area contributed by atoms with Gasteiger partial charge < -0.3 is 9.84 Å². The molecule has 0 aromatic heterocycles. The van der Waals surface area contributed by atoms with Crippen molar-refractivity contribution in [2.75, 3.05) is 6.61 Å². The van der Waals surface area contributed by atoms with Crippen LogP contribution in [0.3, 0.4) is 0 Å². The van der Waals surface area contributed by atoms with Gasteiger partial charge in [0.1, 0.15) is 18.1 Å². The lowest BCUT2D eigenvalue weighted by Gasteiger charge is -2.13. The second-order valence-corrected chi connectivity index (χ2v) is 2.40. The highest BCUT2D eigenvalue weighted by molar-refractivity contribution is 5.66. The highest BCUT2D eigenvalue weighted by Crippen LogP contribution is 2.26. The van der Waals surface area contributed by atoms with Gasteiger partial charge in [0, 0.05) is 0 Å². The number of aliphatic hydroxyl groups is 1. The highest BCUT2D eigenvalue weighted by atomic mass is 16.5. The Hall–Kier alpha value is -1.44. The smallest absolute Gasteiger partial charge is 0.130 e. The van der Waals surface area contributed by atoms with Crippen LogP contribution in [0.4, 0.5) is 0 Å². The van der Waals surface area contributed by atoms with Gasteiger partial charge in [-0.3, -0.25) is 0 Å². The van der Waals surface area contributed by atoms with Crippen LogP contribution in [0, 0.1) is 0 Å². The van der Waals surface area contributed by atoms with Crippen molar-refractivity contribution in [2.45, 2.75) is 0 Å². The van der Waals surface area contributed by atoms with E-state index in [0.29, 0.717) is 12.4 Å². The Labute approximate surface area is 64.7 Å². The summed E-state index contributed by atoms with van der Waals surface area (Å²) in [7, 11) is 0. The van der Waals surface area contributed by atoms with Crippen LogP contribution in [-0.4, -0.2) is 11.7 Å². The minimum absolute atomic E-state index is 0.312. The lowest BCUT2D eigenvalue weighted by atomic mass is 10.1. The number of rotatable bonds is 0. The number of ether oxygens (including phenoxy) is 1. The summed E-state index contributed by atoms with van der Waals surface area (Å²) in [6.45, 7) is 0.461. The van der Waals surface area contributed by atoms with Gasteiger partial charge in [0.15, 0.2) is 0 Å². The minimum atomic E-state index is 0.312. The molecule has 1 aromatic carbocycles. The molecule has 0 bridgehead atoms. The van der Waals surface area contributed by atoms with E-state index in [0.717, 1.165) is 11.3 Å². The normalized spacial score (nSPS) is 14.7. The lowest BCUT2D eigenvalue weighted by Crippen LogP contribution is -2.03. The molecule has 2 heteroatoms. The van der Waals surface area contributed by atoms with Crippen molar-refractivity contribution in [1.82, 2.24) is 0 Å². The molecular formula is C9H8O2. The molecule has 0 fully saturated rings. The summed E-state index contributed by atoms with van der Waals surface area (Å²) < 4.78 is 5.26. The third kappa shape index (κ3) is 0.963. The Balaban J connectivity index is 2.56. The second kappa shape index (κ2) is 2.31. The summed E-state index contributed by atoms with van der Waals surface area (Å²) in [6, 6.07) is 7.44. The number of fused-ring (bicyclic) bond motifs is 1. The maximum atomic E-state index is 9.34. The van der Waals surface area contributed by atoms with E-state index >= 15 is 0 Å². The molecule has 0 unspecified atom stereocenters. The quantitative estimate of drug-likeness (QED) is 0.609. The van der Waals surface area contributed by atoms with Crippen LogP contribution in [0.5, 0.6) is 5.75 Å². The van der Waals surface area contributed by atoms with Crippen molar-refractivity contribution < 1.29 is 9.84 Å². The Kier molecular flexibility index (Phi) is 1.32. The van der Waals surface area contributed by atoms with Crippen LogP contribution < -0.4 is 4.74 Å². The zero-order chi connectivity index (χ0) is 7.68. The van der Waals surface area contributed by atoms with E-state index in [4.69, 9.17) is 4.74 Å². The van der Waals surface area contributed by atoms with Gasteiger partial charge in [0.05, 0.1) is 5.56 Å². The first-order valence-corrected chi connectivity index (χ1v) is 3.49. The standard InChI is InChI=1S/C9H8O2/c10-8-5-6-11-9-4-2-1-3-7(8)9/h1-5,10H,6H2. The number of hydrogen-bond donors (Lipinski definition) is 1. The van der Waals surface area contributed by atoms with Crippen molar-refractivity contribution in [1.29, 1.82) is 0 Å². The molecule has 0 radical (unpaired) electrons. The minimum Gasteiger partial charge on any atom is -0.507 e. The monoisotopic (exact) mass is 148 g/mol. The fourth-order valence-corrected chi connectivity index (χ4v) is 1.12. The van der Waals surface area contributed by atoms with Crippen molar-refractivity contribution in [2.24, 2.45) is 0 Å². The molecule has 0 aliphatic carbocycles. The van der Waals surface area contributed by atoms with E-state index in [9.17, 15) is 5.11 Å². The molecule has 1 aliphatic rings. The van der Waals surface area contributed by atoms with Gasteiger partial charge in [-0.25, -0.2) is 0 Å². The first-order valence-electron chi connectivity index (χ1n) is 3.49. The van der Waals surface area contributed by atoms with Gasteiger partial charge in [-0.1, -0.05) is 12.1 Å². The van der Waals surface area contributed by atoms with Gasteiger partial charge in [0.25, 0.3) is 0 Å². The van der Waals surface area contributed by atoms with E-state index in [1.165, 1.54) is 0 Å². The van der Waals surface area contributed by atoms with Crippen LogP contribution in [0.15, 0.2) is 30.3 Å². The van der Waals surface area contributed by atoms with Crippen LogP contribution in [0.25, 0.3) is 5.76 Å². The molecule has 2 rings (SSSR count). The summed E-state index contributed by atoms with van der Waals surface area (Å²) in [5.74, 6) is 1.07. The number of benzene rings is 1. The van der Waals surface area contributed by atoms with E-state index in [1.54, 1.807) is 6.08 Å². The lowest BCUT2D eigenvalue weighted by molar-refractivity contribution is 0.345. The molecule has 1 aromatic rings. The molecule has 0 saturated carbocycles. The fourth-order valence-electron chi connectivity index (χ4n) is 1.12. The molecule has 0 spiro atoms. The number of para-hydroxylation sites is 1. The van der Waals surface area contributed by atoms with E-state index < -0.39 is 0 Å². The molecule has 1 N–H and O–H groups in total. The zero-order valence-electron chi connectivity index (χ0n) is 5.95. The molecular weight excluding hydrogens is 140 g/mol. The van der Waals surface area contributed by atoms with Gasteiger partial charge in [-0.2, -0.15) is 0 Å². The molecule has 2 nitrogen and oxygen atoms in total. The van der Waals surface area contributed by atoms with Crippen molar-refractivity contribution in [3.05, 3.63) is 35.9 Å². The summed E-state index contributed by atoms with van der Waals surface area (Å²) in [6.07, 6.45) is 1.66. The topological polar surface area (TPSA) is 29.5 Å². The molecule has 0 amide bonds. The average molecular weight is 148 g/mol. The van der Waals surface area contributed by atoms with Gasteiger partial charge in [0.2, 0.25) is 0 Å². The van der Waals surface area contributed by atoms with Crippen molar-refractivity contribution in [3.63, 3.8) is 0 Å². The molecule has 0 saturated heterocycles. The van der Waals surface area contributed by atoms with Crippen LogP contribution in [0.1, 0.15) is 5.56 Å². The predicted octanol–water partition coefficient (Wildman–Crippen LogP) is 1.98. The number of aliphatic hydroxyl groups excluding tert-OH is 1. The first-order chi connectivity index (χ1) is 5.38. The van der Waals surface area contributed by atoms with Gasteiger partial charge in [-0.15, -0.1) is 0 Å². The van der Waals surface area contributed by atoms with Crippen molar-refractivity contribution >= 4 is 5.76 Å². The molecule has 11 heavy (non-hydrogen) atoms. The fraction of sp³-hybridized carbons (Fsp3) is 0.111. The SMILES string of the molecule is OC1=CCOc2ccccc21. The predicted molar refractivity (Wildman–Crippen MR) is 42.5 cm³/mol. The summed E-state index contributed by atoms with van der Waals surface area (Å²) in [4.78, 5) is 0. The molecule has 1 aliphatic heterocycles. The Morgan fingerprint density at radius 1 is 1.27 bits per heavy atom. The Morgan fingerprint density at radius 2 is 2.09 bits per heavy atom.